The van der Waals surface area contributed by atoms with E-state index in [0.29, 0.717) is 23.0 Å². The number of benzene rings is 2. The van der Waals surface area contributed by atoms with Crippen LogP contribution in [0.15, 0.2) is 53.5 Å². The number of piperidine rings is 1. The molecule has 0 radical (unpaired) electrons. The maximum Gasteiger partial charge on any atom is 0.226 e. The number of ether oxygens (including phenoxy) is 2. The number of hydrogen-bond donors (Lipinski definition) is 3. The van der Waals surface area contributed by atoms with Crippen molar-refractivity contribution in [2.75, 3.05) is 39.8 Å². The monoisotopic (exact) mass is 515 g/mol. The molecule has 0 saturated carbocycles. The summed E-state index contributed by atoms with van der Waals surface area (Å²) in [5.41, 5.74) is 7.05. The van der Waals surface area contributed by atoms with Crippen LogP contribution in [0.2, 0.25) is 0 Å². The average molecular weight is 516 g/mol. The minimum atomic E-state index is -0.123. The number of phenolic OH excluding ortho intramolecular Hbond substituents is 1. The molecule has 2 aromatic carbocycles. The Hall–Kier alpha value is -4.18. The van der Waals surface area contributed by atoms with Crippen molar-refractivity contribution >= 4 is 11.7 Å². The molecular formula is C28H33N7O3. The molecule has 4 N–H and O–H groups in total. The molecule has 3 heterocycles. The summed E-state index contributed by atoms with van der Waals surface area (Å²) in [7, 11) is 2.03. The van der Waals surface area contributed by atoms with Gasteiger partial charge >= 0.3 is 0 Å². The summed E-state index contributed by atoms with van der Waals surface area (Å²) in [5, 5.41) is 18.1. The Labute approximate surface area is 222 Å². The Bertz CT molecular complexity index is 1350. The number of aliphatic imine (C=N–C) groups is 1. The third-order valence-corrected chi connectivity index (χ3v) is 6.95. The van der Waals surface area contributed by atoms with Gasteiger partial charge in [-0.05, 0) is 62.8 Å². The van der Waals surface area contributed by atoms with Gasteiger partial charge in [0.05, 0.1) is 12.6 Å². The van der Waals surface area contributed by atoms with E-state index in [1.807, 2.05) is 31.3 Å². The predicted octanol–water partition coefficient (Wildman–Crippen LogP) is 3.94. The van der Waals surface area contributed by atoms with Crippen LogP contribution in [-0.4, -0.2) is 76.3 Å². The summed E-state index contributed by atoms with van der Waals surface area (Å²) in [6, 6.07) is 13.9. The van der Waals surface area contributed by atoms with E-state index in [-0.39, 0.29) is 29.1 Å². The third-order valence-electron chi connectivity index (χ3n) is 6.95. The fourth-order valence-electron chi connectivity index (χ4n) is 4.76. The number of amidine groups is 2. The second-order valence-corrected chi connectivity index (χ2v) is 9.57. The first-order valence-electron chi connectivity index (χ1n) is 12.9. The van der Waals surface area contributed by atoms with Crippen molar-refractivity contribution in [2.45, 2.75) is 25.7 Å². The second-order valence-electron chi connectivity index (χ2n) is 9.57. The van der Waals surface area contributed by atoms with Crippen molar-refractivity contribution in [2.24, 2.45) is 10.7 Å². The Morgan fingerprint density at radius 1 is 1.05 bits per heavy atom. The van der Waals surface area contributed by atoms with Crippen molar-refractivity contribution < 1.29 is 14.6 Å². The number of aromatic nitrogens is 2. The molecule has 198 valence electrons. The number of phenols is 1. The van der Waals surface area contributed by atoms with Gasteiger partial charge in [-0.1, -0.05) is 19.1 Å². The maximum absolute atomic E-state index is 10.4. The van der Waals surface area contributed by atoms with E-state index in [0.717, 1.165) is 57.0 Å². The van der Waals surface area contributed by atoms with Crippen LogP contribution in [-0.2, 0) is 0 Å². The molecule has 0 spiro atoms. The van der Waals surface area contributed by atoms with Crippen LogP contribution in [0.25, 0.3) is 0 Å². The Morgan fingerprint density at radius 3 is 2.50 bits per heavy atom. The molecule has 1 saturated heterocycles. The molecule has 1 fully saturated rings. The highest BCUT2D eigenvalue weighted by Crippen LogP contribution is 2.35. The smallest absolute Gasteiger partial charge is 0.226 e. The van der Waals surface area contributed by atoms with Crippen LogP contribution in [0, 0.1) is 5.41 Å². The number of aromatic hydroxyl groups is 1. The van der Waals surface area contributed by atoms with Crippen LogP contribution < -0.4 is 15.2 Å². The summed E-state index contributed by atoms with van der Waals surface area (Å²) >= 11 is 0. The topological polar surface area (TPSA) is 133 Å². The number of likely N-dealkylation sites (N-methyl/N-ethyl adjacent to an activating group) is 1. The number of nitrogens with one attached hydrogen (secondary N) is 1. The Kier molecular flexibility index (Phi) is 7.41. The van der Waals surface area contributed by atoms with E-state index in [9.17, 15) is 5.11 Å². The van der Waals surface area contributed by atoms with Gasteiger partial charge in [0, 0.05) is 30.6 Å². The number of nitrogens with zero attached hydrogens (tertiary/aromatic N) is 5. The van der Waals surface area contributed by atoms with Gasteiger partial charge in [0.2, 0.25) is 11.8 Å². The lowest BCUT2D eigenvalue weighted by atomic mass is 9.96. The molecule has 0 aliphatic carbocycles. The summed E-state index contributed by atoms with van der Waals surface area (Å²) in [6.45, 7) is 6.82. The minimum Gasteiger partial charge on any atom is -0.504 e. The fourth-order valence-corrected chi connectivity index (χ4v) is 4.76. The number of hydrogen-bond acceptors (Lipinski definition) is 9. The highest BCUT2D eigenvalue weighted by atomic mass is 16.5. The van der Waals surface area contributed by atoms with Crippen molar-refractivity contribution in [3.63, 3.8) is 0 Å². The molecule has 2 aliphatic rings. The normalized spacial score (nSPS) is 16.4. The van der Waals surface area contributed by atoms with Gasteiger partial charge in [0.25, 0.3) is 0 Å². The van der Waals surface area contributed by atoms with E-state index < -0.39 is 0 Å². The van der Waals surface area contributed by atoms with Crippen molar-refractivity contribution in [1.29, 1.82) is 5.41 Å². The average Bonchev–Trinajstić information content (AvgIpc) is 3.35. The van der Waals surface area contributed by atoms with Crippen LogP contribution in [0.5, 0.6) is 29.0 Å². The first-order valence-corrected chi connectivity index (χ1v) is 12.9. The van der Waals surface area contributed by atoms with Gasteiger partial charge in [-0.15, -0.1) is 0 Å². The standard InChI is InChI=1S/C28H33N7O3/c1-3-35-12-9-18(10-13-35)27-32-24(37-21-6-4-5-20(15-21)28-31-11-14-34(28)2)17-25(33-27)38-23-16-19(26(29)30)7-8-22(23)36/h4-8,15-18,36H,3,9-14H2,1-2H3,(H3,29,30). The molecule has 0 atom stereocenters. The minimum absolute atomic E-state index is 0.0805. The molecule has 10 nitrogen and oxygen atoms in total. The molecule has 38 heavy (non-hydrogen) atoms. The molecule has 0 unspecified atom stereocenters. The van der Waals surface area contributed by atoms with Gasteiger partial charge in [-0.2, -0.15) is 9.97 Å². The summed E-state index contributed by atoms with van der Waals surface area (Å²) in [4.78, 5) is 18.6. The Morgan fingerprint density at radius 2 is 1.82 bits per heavy atom. The highest BCUT2D eigenvalue weighted by Gasteiger charge is 2.24. The first kappa shape index (κ1) is 25.5. The SMILES string of the molecule is CCN1CCC(c2nc(Oc3cccc(C4=NCCN4C)c3)cc(Oc3cc(C(=N)N)ccc3O)n2)CC1. The number of likely N-dealkylation sites (tertiary alicyclic amines) is 1. The zero-order valence-corrected chi connectivity index (χ0v) is 21.7. The lowest BCUT2D eigenvalue weighted by Gasteiger charge is -2.30. The van der Waals surface area contributed by atoms with Crippen LogP contribution >= 0.6 is 0 Å². The van der Waals surface area contributed by atoms with Crippen LogP contribution in [0.4, 0.5) is 0 Å². The molecule has 3 aromatic rings. The zero-order valence-electron chi connectivity index (χ0n) is 21.7. The number of rotatable bonds is 8. The van der Waals surface area contributed by atoms with Gasteiger partial charge in [0.1, 0.15) is 23.2 Å². The fraction of sp³-hybridized carbons (Fsp3) is 0.357. The molecular weight excluding hydrogens is 482 g/mol. The zero-order chi connectivity index (χ0) is 26.6. The quantitative estimate of drug-likeness (QED) is 0.303. The second kappa shape index (κ2) is 11.1. The summed E-state index contributed by atoms with van der Waals surface area (Å²) < 4.78 is 12.2. The molecule has 2 aliphatic heterocycles. The van der Waals surface area contributed by atoms with Gasteiger partial charge < -0.3 is 30.1 Å². The molecule has 0 bridgehead atoms. The van der Waals surface area contributed by atoms with Gasteiger partial charge in [-0.3, -0.25) is 10.4 Å². The van der Waals surface area contributed by atoms with Crippen LogP contribution in [0.3, 0.4) is 0 Å². The first-order chi connectivity index (χ1) is 18.4. The van der Waals surface area contributed by atoms with Gasteiger partial charge in [0.15, 0.2) is 11.5 Å². The van der Waals surface area contributed by atoms with Crippen molar-refractivity contribution in [1.82, 2.24) is 19.8 Å². The maximum atomic E-state index is 10.4. The van der Waals surface area contributed by atoms with E-state index in [1.54, 1.807) is 12.1 Å². The molecule has 0 amide bonds. The highest BCUT2D eigenvalue weighted by molar-refractivity contribution is 6.00. The van der Waals surface area contributed by atoms with E-state index in [2.05, 4.69) is 21.7 Å². The lowest BCUT2D eigenvalue weighted by Crippen LogP contribution is -2.33. The van der Waals surface area contributed by atoms with E-state index >= 15 is 0 Å². The third kappa shape index (κ3) is 5.70. The molecule has 1 aromatic heterocycles. The van der Waals surface area contributed by atoms with E-state index in [1.165, 1.54) is 12.1 Å². The van der Waals surface area contributed by atoms with Gasteiger partial charge in [-0.25, -0.2) is 0 Å². The predicted molar refractivity (Wildman–Crippen MR) is 146 cm³/mol. The van der Waals surface area contributed by atoms with Crippen LogP contribution in [0.1, 0.15) is 42.6 Å². The number of nitrogen functional groups attached to an aromatic ring is 1. The van der Waals surface area contributed by atoms with Crippen molar-refractivity contribution in [3.05, 3.63) is 65.5 Å². The summed E-state index contributed by atoms with van der Waals surface area (Å²) in [5.74, 6) is 2.91. The number of nitrogens with two attached hydrogens (primary N) is 1. The molecule has 10 heteroatoms. The Balaban J connectivity index is 1.46. The van der Waals surface area contributed by atoms with E-state index in [4.69, 9.17) is 30.6 Å². The molecule has 5 rings (SSSR count). The lowest BCUT2D eigenvalue weighted by molar-refractivity contribution is 0.218. The summed E-state index contributed by atoms with van der Waals surface area (Å²) in [6.07, 6.45) is 1.87. The largest absolute Gasteiger partial charge is 0.504 e. The van der Waals surface area contributed by atoms with Crippen molar-refractivity contribution in [3.8, 4) is 29.0 Å².